The van der Waals surface area contributed by atoms with Gasteiger partial charge in [0.05, 0.1) is 6.21 Å². The number of aromatic nitrogens is 1. The van der Waals surface area contributed by atoms with E-state index in [1.807, 2.05) is 5.38 Å². The second-order valence-corrected chi connectivity index (χ2v) is 4.92. The van der Waals surface area contributed by atoms with Gasteiger partial charge in [0, 0.05) is 11.6 Å². The quantitative estimate of drug-likeness (QED) is 0.658. The van der Waals surface area contributed by atoms with Crippen molar-refractivity contribution in [3.05, 3.63) is 47.0 Å². The zero-order chi connectivity index (χ0) is 12.1. The van der Waals surface area contributed by atoms with Crippen molar-refractivity contribution in [2.75, 3.05) is 5.43 Å². The van der Waals surface area contributed by atoms with E-state index in [0.717, 1.165) is 10.7 Å². The van der Waals surface area contributed by atoms with Crippen LogP contribution < -0.4 is 5.43 Å². The van der Waals surface area contributed by atoms with Gasteiger partial charge in [0.15, 0.2) is 0 Å². The minimum absolute atomic E-state index is 0.564. The second-order valence-electron chi connectivity index (χ2n) is 4.03. The van der Waals surface area contributed by atoms with Gasteiger partial charge in [-0.2, -0.15) is 5.10 Å². The first-order valence-corrected chi connectivity index (χ1v) is 6.42. The van der Waals surface area contributed by atoms with Crippen LogP contribution in [0.2, 0.25) is 0 Å². The third-order valence-electron chi connectivity index (χ3n) is 2.41. The molecule has 0 fully saturated rings. The van der Waals surface area contributed by atoms with Gasteiger partial charge in [0.25, 0.3) is 0 Å². The summed E-state index contributed by atoms with van der Waals surface area (Å²) in [6, 6.07) is 8.41. The van der Waals surface area contributed by atoms with Crippen molar-refractivity contribution in [2.24, 2.45) is 5.10 Å². The number of anilines is 1. The first-order chi connectivity index (χ1) is 8.25. The Kier molecular flexibility index (Phi) is 3.88. The number of thiazole rings is 1. The SMILES string of the molecule is CC(C)c1ccc(/C=N/Nc2nccs2)cc1. The zero-order valence-corrected chi connectivity index (χ0v) is 10.7. The zero-order valence-electron chi connectivity index (χ0n) is 9.92. The van der Waals surface area contributed by atoms with Crippen LogP contribution in [0.1, 0.15) is 30.9 Å². The van der Waals surface area contributed by atoms with Gasteiger partial charge in [-0.3, -0.25) is 5.43 Å². The molecule has 0 amide bonds. The molecular formula is C13H15N3S. The summed E-state index contributed by atoms with van der Waals surface area (Å²) in [7, 11) is 0. The fourth-order valence-electron chi connectivity index (χ4n) is 1.41. The molecule has 0 unspecified atom stereocenters. The molecule has 0 aliphatic carbocycles. The Bertz CT molecular complexity index is 472. The normalized spacial score (nSPS) is 11.2. The molecular weight excluding hydrogens is 230 g/mol. The summed E-state index contributed by atoms with van der Waals surface area (Å²) >= 11 is 1.53. The molecule has 2 rings (SSSR count). The number of hydrogen-bond acceptors (Lipinski definition) is 4. The number of rotatable bonds is 4. The van der Waals surface area contributed by atoms with Gasteiger partial charge in [-0.15, -0.1) is 11.3 Å². The molecule has 88 valence electrons. The van der Waals surface area contributed by atoms with Gasteiger partial charge < -0.3 is 0 Å². The molecule has 4 heteroatoms. The largest absolute Gasteiger partial charge is 0.253 e. The van der Waals surface area contributed by atoms with Gasteiger partial charge in [0.2, 0.25) is 5.13 Å². The van der Waals surface area contributed by atoms with E-state index in [0.29, 0.717) is 5.92 Å². The third-order valence-corrected chi connectivity index (χ3v) is 3.09. The highest BCUT2D eigenvalue weighted by atomic mass is 32.1. The Morgan fingerprint density at radius 3 is 2.65 bits per heavy atom. The molecule has 0 saturated heterocycles. The van der Waals surface area contributed by atoms with Crippen molar-refractivity contribution in [3.63, 3.8) is 0 Å². The lowest BCUT2D eigenvalue weighted by atomic mass is 10.0. The van der Waals surface area contributed by atoms with Crippen LogP contribution in [-0.4, -0.2) is 11.2 Å². The van der Waals surface area contributed by atoms with Crippen LogP contribution in [0.5, 0.6) is 0 Å². The van der Waals surface area contributed by atoms with Crippen LogP contribution in [0, 0.1) is 0 Å². The van der Waals surface area contributed by atoms with E-state index in [4.69, 9.17) is 0 Å². The third kappa shape index (κ3) is 3.39. The van der Waals surface area contributed by atoms with Crippen LogP contribution in [0.15, 0.2) is 40.9 Å². The van der Waals surface area contributed by atoms with Crippen LogP contribution >= 0.6 is 11.3 Å². The van der Waals surface area contributed by atoms with Crippen molar-refractivity contribution >= 4 is 22.7 Å². The molecule has 2 aromatic rings. The van der Waals surface area contributed by atoms with Crippen LogP contribution in [-0.2, 0) is 0 Å². The lowest BCUT2D eigenvalue weighted by Gasteiger charge is -2.04. The molecule has 0 aliphatic rings. The number of hydrazone groups is 1. The minimum Gasteiger partial charge on any atom is -0.253 e. The van der Waals surface area contributed by atoms with Gasteiger partial charge in [-0.05, 0) is 17.0 Å². The fourth-order valence-corrected chi connectivity index (χ4v) is 1.89. The number of benzene rings is 1. The van der Waals surface area contributed by atoms with Crippen molar-refractivity contribution < 1.29 is 0 Å². The molecule has 1 N–H and O–H groups in total. The van der Waals surface area contributed by atoms with Gasteiger partial charge in [0.1, 0.15) is 0 Å². The molecule has 0 radical (unpaired) electrons. The maximum atomic E-state index is 4.13. The summed E-state index contributed by atoms with van der Waals surface area (Å²) in [6.45, 7) is 4.38. The highest BCUT2D eigenvalue weighted by molar-refractivity contribution is 7.13. The van der Waals surface area contributed by atoms with E-state index >= 15 is 0 Å². The standard InChI is InChI=1S/C13H15N3S/c1-10(2)12-5-3-11(4-6-12)9-15-16-13-14-7-8-17-13/h3-10H,1-2H3,(H,14,16)/b15-9+. The van der Waals surface area contributed by atoms with Crippen molar-refractivity contribution in [1.29, 1.82) is 0 Å². The fraction of sp³-hybridized carbons (Fsp3) is 0.231. The average molecular weight is 245 g/mol. The van der Waals surface area contributed by atoms with E-state index in [1.54, 1.807) is 12.4 Å². The van der Waals surface area contributed by atoms with E-state index in [9.17, 15) is 0 Å². The van der Waals surface area contributed by atoms with E-state index in [1.165, 1.54) is 16.9 Å². The molecule has 17 heavy (non-hydrogen) atoms. The summed E-state index contributed by atoms with van der Waals surface area (Å²) in [5.41, 5.74) is 5.31. The predicted octanol–water partition coefficient (Wildman–Crippen LogP) is 3.71. The lowest BCUT2D eigenvalue weighted by Crippen LogP contribution is -1.91. The molecule has 1 heterocycles. The molecule has 3 nitrogen and oxygen atoms in total. The van der Waals surface area contributed by atoms with Crippen molar-refractivity contribution in [2.45, 2.75) is 19.8 Å². The molecule has 0 atom stereocenters. The maximum Gasteiger partial charge on any atom is 0.203 e. The van der Waals surface area contributed by atoms with E-state index in [-0.39, 0.29) is 0 Å². The summed E-state index contributed by atoms with van der Waals surface area (Å²) < 4.78 is 0. The van der Waals surface area contributed by atoms with Crippen molar-refractivity contribution in [3.8, 4) is 0 Å². The Morgan fingerprint density at radius 1 is 1.29 bits per heavy atom. The molecule has 0 bridgehead atoms. The van der Waals surface area contributed by atoms with Crippen molar-refractivity contribution in [1.82, 2.24) is 4.98 Å². The average Bonchev–Trinajstić information content (AvgIpc) is 2.83. The molecule has 1 aromatic carbocycles. The van der Waals surface area contributed by atoms with E-state index in [2.05, 4.69) is 53.6 Å². The summed E-state index contributed by atoms with van der Waals surface area (Å²) in [6.07, 6.45) is 3.55. The first kappa shape index (κ1) is 11.8. The maximum absolute atomic E-state index is 4.13. The summed E-state index contributed by atoms with van der Waals surface area (Å²) in [5.74, 6) is 0.564. The summed E-state index contributed by atoms with van der Waals surface area (Å²) in [5, 5.41) is 6.85. The number of nitrogens with one attached hydrogen (secondary N) is 1. The molecule has 0 saturated carbocycles. The monoisotopic (exact) mass is 245 g/mol. The lowest BCUT2D eigenvalue weighted by molar-refractivity contribution is 0.866. The summed E-state index contributed by atoms with van der Waals surface area (Å²) in [4.78, 5) is 4.08. The first-order valence-electron chi connectivity index (χ1n) is 5.54. The van der Waals surface area contributed by atoms with Gasteiger partial charge >= 0.3 is 0 Å². The Labute approximate surface area is 105 Å². The number of nitrogens with zero attached hydrogens (tertiary/aromatic N) is 2. The molecule has 1 aromatic heterocycles. The van der Waals surface area contributed by atoms with Crippen LogP contribution in [0.4, 0.5) is 5.13 Å². The Balaban J connectivity index is 1.96. The van der Waals surface area contributed by atoms with Crippen LogP contribution in [0.3, 0.4) is 0 Å². The highest BCUT2D eigenvalue weighted by Gasteiger charge is 1.97. The van der Waals surface area contributed by atoms with Gasteiger partial charge in [-0.1, -0.05) is 38.1 Å². The smallest absolute Gasteiger partial charge is 0.203 e. The Morgan fingerprint density at radius 2 is 2.06 bits per heavy atom. The highest BCUT2D eigenvalue weighted by Crippen LogP contribution is 2.14. The Hall–Kier alpha value is -1.68. The number of hydrogen-bond donors (Lipinski definition) is 1. The van der Waals surface area contributed by atoms with Gasteiger partial charge in [-0.25, -0.2) is 4.98 Å². The molecule has 0 spiro atoms. The topological polar surface area (TPSA) is 37.3 Å². The predicted molar refractivity (Wildman–Crippen MR) is 73.9 cm³/mol. The van der Waals surface area contributed by atoms with Crippen LogP contribution in [0.25, 0.3) is 0 Å². The molecule has 0 aliphatic heterocycles. The van der Waals surface area contributed by atoms with E-state index < -0.39 is 0 Å². The second kappa shape index (κ2) is 5.59. The minimum atomic E-state index is 0.564.